The van der Waals surface area contributed by atoms with Crippen molar-refractivity contribution in [3.8, 4) is 0 Å². The van der Waals surface area contributed by atoms with E-state index in [-0.39, 0.29) is 17.7 Å². The van der Waals surface area contributed by atoms with E-state index in [9.17, 15) is 9.59 Å². The normalized spacial score (nSPS) is 29.3. The Labute approximate surface area is 114 Å². The molecular weight excluding hydrogens is 244 g/mol. The van der Waals surface area contributed by atoms with Crippen molar-refractivity contribution in [3.05, 3.63) is 0 Å². The molecule has 0 aromatic carbocycles. The van der Waals surface area contributed by atoms with E-state index >= 15 is 0 Å². The van der Waals surface area contributed by atoms with Crippen LogP contribution in [0.4, 0.5) is 0 Å². The average Bonchev–Trinajstić information content (AvgIpc) is 2.87. The summed E-state index contributed by atoms with van der Waals surface area (Å²) in [5.74, 6) is -0.531. The monoisotopic (exact) mass is 268 g/mol. The Morgan fingerprint density at radius 1 is 1.16 bits per heavy atom. The summed E-state index contributed by atoms with van der Waals surface area (Å²) in [6.45, 7) is 2.96. The van der Waals surface area contributed by atoms with Gasteiger partial charge < -0.3 is 15.3 Å². The SMILES string of the molecule is CN1CCC(CNC(=O)C2CCC(C(=O)O)C2)CC1. The number of amides is 1. The number of carboxylic acids is 1. The number of carboxylic acid groups (broad SMARTS) is 1. The van der Waals surface area contributed by atoms with E-state index in [1.165, 1.54) is 0 Å². The Kier molecular flexibility index (Phi) is 4.80. The molecule has 1 saturated heterocycles. The lowest BCUT2D eigenvalue weighted by Crippen LogP contribution is -2.38. The number of rotatable bonds is 4. The maximum absolute atomic E-state index is 12.0. The molecule has 0 aromatic heterocycles. The molecule has 19 heavy (non-hydrogen) atoms. The summed E-state index contributed by atoms with van der Waals surface area (Å²) >= 11 is 0. The Balaban J connectivity index is 1.69. The van der Waals surface area contributed by atoms with Gasteiger partial charge in [-0.3, -0.25) is 9.59 Å². The maximum atomic E-state index is 12.0. The average molecular weight is 268 g/mol. The molecule has 2 fully saturated rings. The molecule has 108 valence electrons. The minimum absolute atomic E-state index is 0.0580. The second-order valence-electron chi connectivity index (χ2n) is 6.04. The topological polar surface area (TPSA) is 69.6 Å². The Morgan fingerprint density at radius 3 is 2.37 bits per heavy atom. The number of nitrogens with zero attached hydrogens (tertiary/aromatic N) is 1. The van der Waals surface area contributed by atoms with E-state index in [1.807, 2.05) is 0 Å². The molecule has 2 N–H and O–H groups in total. The molecule has 5 nitrogen and oxygen atoms in total. The van der Waals surface area contributed by atoms with Crippen molar-refractivity contribution >= 4 is 11.9 Å². The predicted octanol–water partition coefficient (Wildman–Crippen LogP) is 0.945. The van der Waals surface area contributed by atoms with E-state index < -0.39 is 5.97 Å². The van der Waals surface area contributed by atoms with Crippen LogP contribution in [0.2, 0.25) is 0 Å². The number of carbonyl (C=O) groups is 2. The fourth-order valence-electron chi connectivity index (χ4n) is 3.10. The second-order valence-corrected chi connectivity index (χ2v) is 6.04. The third kappa shape index (κ3) is 3.93. The number of likely N-dealkylation sites (tertiary alicyclic amines) is 1. The third-order valence-corrected chi connectivity index (χ3v) is 4.56. The van der Waals surface area contributed by atoms with Crippen molar-refractivity contribution in [2.75, 3.05) is 26.7 Å². The lowest BCUT2D eigenvalue weighted by molar-refractivity contribution is -0.141. The molecule has 0 bridgehead atoms. The summed E-state index contributed by atoms with van der Waals surface area (Å²) in [6.07, 6.45) is 4.14. The molecule has 1 aliphatic carbocycles. The second kappa shape index (κ2) is 6.37. The predicted molar refractivity (Wildman–Crippen MR) is 71.7 cm³/mol. The summed E-state index contributed by atoms with van der Waals surface area (Å²) in [6, 6.07) is 0. The molecule has 2 aliphatic rings. The smallest absolute Gasteiger partial charge is 0.306 e. The first-order chi connectivity index (χ1) is 9.06. The molecule has 1 amide bonds. The molecule has 0 spiro atoms. The van der Waals surface area contributed by atoms with E-state index in [0.29, 0.717) is 18.8 Å². The Hall–Kier alpha value is -1.10. The number of hydrogen-bond acceptors (Lipinski definition) is 3. The van der Waals surface area contributed by atoms with Crippen LogP contribution in [0.15, 0.2) is 0 Å². The van der Waals surface area contributed by atoms with Crippen molar-refractivity contribution in [1.82, 2.24) is 10.2 Å². The van der Waals surface area contributed by atoms with Gasteiger partial charge in [-0.2, -0.15) is 0 Å². The Morgan fingerprint density at radius 2 is 1.79 bits per heavy atom. The van der Waals surface area contributed by atoms with Gasteiger partial charge in [0.2, 0.25) is 5.91 Å². The van der Waals surface area contributed by atoms with Crippen LogP contribution in [0.25, 0.3) is 0 Å². The van der Waals surface area contributed by atoms with Crippen molar-refractivity contribution in [2.45, 2.75) is 32.1 Å². The number of piperidine rings is 1. The van der Waals surface area contributed by atoms with Crippen molar-refractivity contribution in [2.24, 2.45) is 17.8 Å². The van der Waals surface area contributed by atoms with Crippen LogP contribution < -0.4 is 5.32 Å². The van der Waals surface area contributed by atoms with Gasteiger partial charge in [-0.15, -0.1) is 0 Å². The highest BCUT2D eigenvalue weighted by Gasteiger charge is 2.33. The highest BCUT2D eigenvalue weighted by atomic mass is 16.4. The molecule has 5 heteroatoms. The molecule has 2 unspecified atom stereocenters. The van der Waals surface area contributed by atoms with Gasteiger partial charge in [0, 0.05) is 12.5 Å². The van der Waals surface area contributed by atoms with Gasteiger partial charge in [0.1, 0.15) is 0 Å². The first kappa shape index (κ1) is 14.3. The minimum atomic E-state index is -0.759. The molecule has 0 aromatic rings. The van der Waals surface area contributed by atoms with Gasteiger partial charge in [-0.25, -0.2) is 0 Å². The standard InChI is InChI=1S/C14H24N2O3/c1-16-6-4-10(5-7-16)9-15-13(17)11-2-3-12(8-11)14(18)19/h10-12H,2-9H2,1H3,(H,15,17)(H,18,19). The fourth-order valence-corrected chi connectivity index (χ4v) is 3.10. The fraction of sp³-hybridized carbons (Fsp3) is 0.857. The zero-order valence-corrected chi connectivity index (χ0v) is 11.6. The minimum Gasteiger partial charge on any atom is -0.481 e. The van der Waals surface area contributed by atoms with E-state index in [1.54, 1.807) is 0 Å². The van der Waals surface area contributed by atoms with Crippen LogP contribution in [0.3, 0.4) is 0 Å². The Bertz CT molecular complexity index is 338. The van der Waals surface area contributed by atoms with E-state index in [0.717, 1.165) is 38.9 Å². The van der Waals surface area contributed by atoms with Crippen LogP contribution in [0.1, 0.15) is 32.1 Å². The zero-order valence-electron chi connectivity index (χ0n) is 11.6. The number of aliphatic carboxylic acids is 1. The van der Waals surface area contributed by atoms with Crippen LogP contribution in [0.5, 0.6) is 0 Å². The van der Waals surface area contributed by atoms with Crippen molar-refractivity contribution in [3.63, 3.8) is 0 Å². The summed E-state index contributed by atoms with van der Waals surface area (Å²) in [5.41, 5.74) is 0. The molecule has 1 heterocycles. The molecule has 1 saturated carbocycles. The van der Waals surface area contributed by atoms with E-state index in [4.69, 9.17) is 5.11 Å². The van der Waals surface area contributed by atoms with Crippen molar-refractivity contribution < 1.29 is 14.7 Å². The zero-order chi connectivity index (χ0) is 13.8. The number of hydrogen-bond donors (Lipinski definition) is 2. The highest BCUT2D eigenvalue weighted by molar-refractivity contribution is 5.80. The number of nitrogens with one attached hydrogen (secondary N) is 1. The largest absolute Gasteiger partial charge is 0.481 e. The van der Waals surface area contributed by atoms with Gasteiger partial charge in [-0.1, -0.05) is 0 Å². The summed E-state index contributed by atoms with van der Waals surface area (Å²) in [5, 5.41) is 12.0. The summed E-state index contributed by atoms with van der Waals surface area (Å²) < 4.78 is 0. The summed E-state index contributed by atoms with van der Waals surface area (Å²) in [4.78, 5) is 25.2. The molecule has 2 atom stereocenters. The summed E-state index contributed by atoms with van der Waals surface area (Å²) in [7, 11) is 2.12. The van der Waals surface area contributed by atoms with Gasteiger partial charge in [-0.05, 0) is 58.2 Å². The van der Waals surface area contributed by atoms with Gasteiger partial charge in [0.15, 0.2) is 0 Å². The highest BCUT2D eigenvalue weighted by Crippen LogP contribution is 2.31. The van der Waals surface area contributed by atoms with E-state index in [2.05, 4.69) is 17.3 Å². The van der Waals surface area contributed by atoms with Gasteiger partial charge >= 0.3 is 5.97 Å². The third-order valence-electron chi connectivity index (χ3n) is 4.56. The quantitative estimate of drug-likeness (QED) is 0.796. The number of carbonyl (C=O) groups excluding carboxylic acids is 1. The first-order valence-electron chi connectivity index (χ1n) is 7.25. The lowest BCUT2D eigenvalue weighted by atomic mass is 9.96. The van der Waals surface area contributed by atoms with Crippen LogP contribution in [0, 0.1) is 17.8 Å². The van der Waals surface area contributed by atoms with Gasteiger partial charge in [0.05, 0.1) is 5.92 Å². The molecule has 0 radical (unpaired) electrons. The molecule has 2 rings (SSSR count). The molecule has 1 aliphatic heterocycles. The molecular formula is C14H24N2O3. The van der Waals surface area contributed by atoms with Crippen LogP contribution in [-0.4, -0.2) is 48.6 Å². The van der Waals surface area contributed by atoms with Crippen molar-refractivity contribution in [1.29, 1.82) is 0 Å². The van der Waals surface area contributed by atoms with Crippen LogP contribution in [-0.2, 0) is 9.59 Å². The maximum Gasteiger partial charge on any atom is 0.306 e. The van der Waals surface area contributed by atoms with Gasteiger partial charge in [0.25, 0.3) is 0 Å². The van der Waals surface area contributed by atoms with Crippen LogP contribution >= 0.6 is 0 Å². The first-order valence-corrected chi connectivity index (χ1v) is 7.25. The lowest BCUT2D eigenvalue weighted by Gasteiger charge is -2.29.